The summed E-state index contributed by atoms with van der Waals surface area (Å²) in [5.74, 6) is -0.568. The third kappa shape index (κ3) is 4.44. The third-order valence-corrected chi connectivity index (χ3v) is 1.51. The Morgan fingerprint density at radius 3 is 2.45 bits per heavy atom. The van der Waals surface area contributed by atoms with Crippen LogP contribution >= 0.6 is 15.9 Å². The Morgan fingerprint density at radius 2 is 2.09 bits per heavy atom. The maximum absolute atomic E-state index is 7.02. The molecule has 5 heteroatoms. The lowest BCUT2D eigenvalue weighted by Gasteiger charge is -1.90. The summed E-state index contributed by atoms with van der Waals surface area (Å²) in [6.45, 7) is 1.83. The first-order chi connectivity index (χ1) is 5.07. The van der Waals surface area contributed by atoms with Gasteiger partial charge < -0.3 is 5.73 Å². The number of nitrogens with one attached hydrogen (secondary N) is 2. The van der Waals surface area contributed by atoms with Gasteiger partial charge in [0.1, 0.15) is 0 Å². The molecule has 0 bridgehead atoms. The molecule has 60 valence electrons. The highest BCUT2D eigenvalue weighted by molar-refractivity contribution is 9.12. The number of allylic oxidation sites excluding steroid dienone is 2. The Morgan fingerprint density at radius 1 is 1.55 bits per heavy atom. The quantitative estimate of drug-likeness (QED) is 0.448. The first kappa shape index (κ1) is 10.0. The van der Waals surface area contributed by atoms with Gasteiger partial charge >= 0.3 is 0 Å². The maximum atomic E-state index is 7.02. The van der Waals surface area contributed by atoms with Gasteiger partial charge in [0.2, 0.25) is 0 Å². The minimum atomic E-state index is -0.336. The molecule has 0 radical (unpaired) electrons. The third-order valence-electron chi connectivity index (χ3n) is 0.848. The van der Waals surface area contributed by atoms with E-state index in [1.807, 2.05) is 6.92 Å². The number of halogens is 1. The first-order valence-corrected chi connectivity index (χ1v) is 3.66. The molecule has 0 rings (SSSR count). The minimum absolute atomic E-state index is 0.233. The molecule has 4 nitrogen and oxygen atoms in total. The summed E-state index contributed by atoms with van der Waals surface area (Å²) in [4.78, 5) is 3.59. The summed E-state index contributed by atoms with van der Waals surface area (Å²) in [6.07, 6.45) is 3.20. The van der Waals surface area contributed by atoms with Crippen LogP contribution in [0, 0.1) is 10.8 Å². The average Bonchev–Trinajstić information content (AvgIpc) is 1.99. The number of aliphatic imine (C=N–C) groups is 1. The van der Waals surface area contributed by atoms with Crippen molar-refractivity contribution in [2.24, 2.45) is 10.7 Å². The van der Waals surface area contributed by atoms with Crippen LogP contribution < -0.4 is 5.73 Å². The summed E-state index contributed by atoms with van der Waals surface area (Å²) in [5, 5.41) is 13.8. The van der Waals surface area contributed by atoms with E-state index in [1.165, 1.54) is 6.21 Å². The fourth-order valence-electron chi connectivity index (χ4n) is 0.270. The van der Waals surface area contributed by atoms with Crippen molar-refractivity contribution in [1.29, 1.82) is 10.8 Å². The zero-order valence-corrected chi connectivity index (χ0v) is 7.64. The molecule has 0 atom stereocenters. The van der Waals surface area contributed by atoms with Crippen LogP contribution in [0.2, 0.25) is 0 Å². The SMILES string of the molecule is C/C=C(Br)\C=N/C(=N)C(=N)N. The van der Waals surface area contributed by atoms with Gasteiger partial charge in [-0.15, -0.1) is 0 Å². The lowest BCUT2D eigenvalue weighted by molar-refractivity contribution is 1.41. The molecule has 0 aliphatic heterocycles. The van der Waals surface area contributed by atoms with E-state index in [0.29, 0.717) is 0 Å². The van der Waals surface area contributed by atoms with E-state index in [4.69, 9.17) is 16.6 Å². The maximum Gasteiger partial charge on any atom is 0.187 e. The van der Waals surface area contributed by atoms with E-state index in [2.05, 4.69) is 20.9 Å². The second-order valence-electron chi connectivity index (χ2n) is 1.69. The van der Waals surface area contributed by atoms with Crippen molar-refractivity contribution < 1.29 is 0 Å². The normalized spacial score (nSPS) is 12.0. The van der Waals surface area contributed by atoms with Crippen molar-refractivity contribution in [1.82, 2.24) is 0 Å². The van der Waals surface area contributed by atoms with Gasteiger partial charge in [-0.2, -0.15) is 0 Å². The monoisotopic (exact) mass is 216 g/mol. The van der Waals surface area contributed by atoms with Crippen LogP contribution in [0.15, 0.2) is 15.6 Å². The second kappa shape index (κ2) is 4.79. The first-order valence-electron chi connectivity index (χ1n) is 2.86. The van der Waals surface area contributed by atoms with Crippen LogP contribution in [0.3, 0.4) is 0 Å². The number of hydrogen-bond donors (Lipinski definition) is 3. The fraction of sp³-hybridized carbons (Fsp3) is 0.167. The van der Waals surface area contributed by atoms with Crippen LogP contribution in [-0.4, -0.2) is 17.9 Å². The van der Waals surface area contributed by atoms with Crippen LogP contribution in [-0.2, 0) is 0 Å². The number of hydrogen-bond acceptors (Lipinski definition) is 2. The molecular weight excluding hydrogens is 208 g/mol. The Hall–Kier alpha value is -0.970. The molecule has 0 heterocycles. The van der Waals surface area contributed by atoms with Crippen LogP contribution in [0.1, 0.15) is 6.92 Å². The van der Waals surface area contributed by atoms with Crippen LogP contribution in [0.5, 0.6) is 0 Å². The molecule has 0 aromatic carbocycles. The molecule has 0 unspecified atom stereocenters. The summed E-state index contributed by atoms with van der Waals surface area (Å²) < 4.78 is 0.753. The second-order valence-corrected chi connectivity index (χ2v) is 2.61. The van der Waals surface area contributed by atoms with Crippen molar-refractivity contribution in [3.8, 4) is 0 Å². The predicted molar refractivity (Wildman–Crippen MR) is 50.8 cm³/mol. The topological polar surface area (TPSA) is 86.1 Å². The zero-order valence-electron chi connectivity index (χ0n) is 6.06. The largest absolute Gasteiger partial charge is 0.381 e. The number of rotatable bonds is 1. The van der Waals surface area contributed by atoms with Gasteiger partial charge in [0.15, 0.2) is 11.7 Å². The lowest BCUT2D eigenvalue weighted by atomic mass is 10.5. The van der Waals surface area contributed by atoms with E-state index in [9.17, 15) is 0 Å². The summed E-state index contributed by atoms with van der Waals surface area (Å²) >= 11 is 3.16. The van der Waals surface area contributed by atoms with Crippen LogP contribution in [0.4, 0.5) is 0 Å². The van der Waals surface area contributed by atoms with E-state index in [1.54, 1.807) is 6.08 Å². The molecule has 0 fully saturated rings. The molecule has 0 amide bonds. The highest BCUT2D eigenvalue weighted by atomic mass is 79.9. The van der Waals surface area contributed by atoms with E-state index < -0.39 is 0 Å². The Labute approximate surface area is 73.3 Å². The molecule has 0 aliphatic carbocycles. The summed E-state index contributed by atoms with van der Waals surface area (Å²) in [6, 6.07) is 0. The van der Waals surface area contributed by atoms with E-state index in [-0.39, 0.29) is 11.7 Å². The molecule has 0 aromatic rings. The average molecular weight is 217 g/mol. The summed E-state index contributed by atoms with van der Waals surface area (Å²) in [5.41, 5.74) is 4.97. The lowest BCUT2D eigenvalue weighted by Crippen LogP contribution is -2.19. The fourth-order valence-corrected chi connectivity index (χ4v) is 0.373. The Kier molecular flexibility index (Phi) is 4.36. The van der Waals surface area contributed by atoms with Crippen molar-refractivity contribution >= 4 is 33.8 Å². The molecule has 0 saturated carbocycles. The van der Waals surface area contributed by atoms with E-state index >= 15 is 0 Å². The standard InChI is InChI=1S/C6H9BrN4/c1-2-4(7)3-11-6(10)5(8)9/h2-3,10H,1H3,(H3,8,9)/b4-2+,10-6?,11-3-. The number of amidine groups is 2. The van der Waals surface area contributed by atoms with E-state index in [0.717, 1.165) is 4.48 Å². The van der Waals surface area contributed by atoms with Crippen molar-refractivity contribution in [3.05, 3.63) is 10.6 Å². The highest BCUT2D eigenvalue weighted by Crippen LogP contribution is 1.99. The highest BCUT2D eigenvalue weighted by Gasteiger charge is 1.93. The van der Waals surface area contributed by atoms with Crippen molar-refractivity contribution in [2.75, 3.05) is 0 Å². The van der Waals surface area contributed by atoms with Gasteiger partial charge in [0, 0.05) is 10.7 Å². The molecule has 0 spiro atoms. The van der Waals surface area contributed by atoms with Gasteiger partial charge in [0.25, 0.3) is 0 Å². The smallest absolute Gasteiger partial charge is 0.187 e. The number of nitrogens with two attached hydrogens (primary N) is 1. The minimum Gasteiger partial charge on any atom is -0.381 e. The van der Waals surface area contributed by atoms with Crippen molar-refractivity contribution in [2.45, 2.75) is 6.92 Å². The number of nitrogens with zero attached hydrogens (tertiary/aromatic N) is 1. The van der Waals surface area contributed by atoms with Gasteiger partial charge in [-0.25, -0.2) is 4.99 Å². The Balaban J connectivity index is 4.15. The molecule has 11 heavy (non-hydrogen) atoms. The van der Waals surface area contributed by atoms with Crippen LogP contribution in [0.25, 0.3) is 0 Å². The summed E-state index contributed by atoms with van der Waals surface area (Å²) in [7, 11) is 0. The molecule has 0 saturated heterocycles. The molecule has 0 aliphatic rings. The van der Waals surface area contributed by atoms with Gasteiger partial charge in [-0.1, -0.05) is 6.08 Å². The predicted octanol–water partition coefficient (Wildman–Crippen LogP) is 1.27. The zero-order chi connectivity index (χ0) is 8.85. The van der Waals surface area contributed by atoms with Gasteiger partial charge in [0.05, 0.1) is 0 Å². The molecule has 0 aromatic heterocycles. The van der Waals surface area contributed by atoms with Gasteiger partial charge in [-0.05, 0) is 22.9 Å². The Bertz CT molecular complexity index is 229. The molecule has 4 N–H and O–H groups in total. The van der Waals surface area contributed by atoms with Crippen molar-refractivity contribution in [3.63, 3.8) is 0 Å². The van der Waals surface area contributed by atoms with Gasteiger partial charge in [-0.3, -0.25) is 10.8 Å². The molecular formula is C6H9BrN4.